The standard InChI is InChI=1S/C14H18ClN3/c1-9-4-5-10(2)11(8-9)14-17-12(6-7-16)13(15)18(14)3/h4-5,8H,6-7,16H2,1-3H3. The van der Waals surface area contributed by atoms with Crippen LogP contribution in [0.25, 0.3) is 11.4 Å². The van der Waals surface area contributed by atoms with Crippen LogP contribution in [-0.4, -0.2) is 16.1 Å². The third-order valence-electron chi connectivity index (χ3n) is 3.11. The molecule has 2 aromatic rings. The molecule has 0 aliphatic carbocycles. The number of benzene rings is 1. The molecule has 1 heterocycles. The lowest BCUT2D eigenvalue weighted by atomic mass is 10.1. The van der Waals surface area contributed by atoms with E-state index < -0.39 is 0 Å². The number of rotatable bonds is 3. The largest absolute Gasteiger partial charge is 0.330 e. The number of halogens is 1. The third kappa shape index (κ3) is 2.28. The van der Waals surface area contributed by atoms with Crippen molar-refractivity contribution in [3.8, 4) is 11.4 Å². The molecule has 0 fully saturated rings. The van der Waals surface area contributed by atoms with Crippen LogP contribution in [0.5, 0.6) is 0 Å². The Bertz CT molecular complexity index is 573. The van der Waals surface area contributed by atoms with E-state index in [0.29, 0.717) is 18.1 Å². The van der Waals surface area contributed by atoms with Crippen LogP contribution >= 0.6 is 11.6 Å². The average molecular weight is 264 g/mol. The maximum atomic E-state index is 6.28. The zero-order chi connectivity index (χ0) is 13.3. The van der Waals surface area contributed by atoms with Crippen molar-refractivity contribution >= 4 is 11.6 Å². The number of imidazole rings is 1. The molecule has 2 rings (SSSR count). The molecule has 0 saturated carbocycles. The van der Waals surface area contributed by atoms with Gasteiger partial charge in [0.1, 0.15) is 11.0 Å². The summed E-state index contributed by atoms with van der Waals surface area (Å²) < 4.78 is 1.92. The Labute approximate surface area is 113 Å². The Kier molecular flexibility index (Phi) is 3.73. The van der Waals surface area contributed by atoms with Crippen LogP contribution in [0.1, 0.15) is 16.8 Å². The molecule has 0 unspecified atom stereocenters. The van der Waals surface area contributed by atoms with Gasteiger partial charge in [-0.25, -0.2) is 4.98 Å². The van der Waals surface area contributed by atoms with E-state index >= 15 is 0 Å². The second kappa shape index (κ2) is 5.12. The third-order valence-corrected chi connectivity index (χ3v) is 3.58. The fraction of sp³-hybridized carbons (Fsp3) is 0.357. The lowest BCUT2D eigenvalue weighted by Crippen LogP contribution is -2.03. The molecule has 0 aliphatic rings. The number of aryl methyl sites for hydroxylation is 2. The summed E-state index contributed by atoms with van der Waals surface area (Å²) in [7, 11) is 1.94. The molecule has 0 bridgehead atoms. The molecule has 2 N–H and O–H groups in total. The molecule has 0 aliphatic heterocycles. The zero-order valence-corrected chi connectivity index (χ0v) is 11.8. The smallest absolute Gasteiger partial charge is 0.141 e. The van der Waals surface area contributed by atoms with E-state index in [1.807, 2.05) is 11.6 Å². The molecule has 96 valence electrons. The molecule has 1 aromatic carbocycles. The SMILES string of the molecule is Cc1ccc(C)c(-c2nc(CCN)c(Cl)n2C)c1. The van der Waals surface area contributed by atoms with E-state index in [-0.39, 0.29) is 0 Å². The van der Waals surface area contributed by atoms with Crippen molar-refractivity contribution in [2.24, 2.45) is 12.8 Å². The maximum absolute atomic E-state index is 6.28. The first kappa shape index (κ1) is 13.1. The lowest BCUT2D eigenvalue weighted by Gasteiger charge is -2.07. The molecule has 0 radical (unpaired) electrons. The van der Waals surface area contributed by atoms with E-state index in [9.17, 15) is 0 Å². The number of nitrogens with zero attached hydrogens (tertiary/aromatic N) is 2. The summed E-state index contributed by atoms with van der Waals surface area (Å²) in [6.45, 7) is 4.72. The molecule has 0 amide bonds. The highest BCUT2D eigenvalue weighted by Crippen LogP contribution is 2.28. The van der Waals surface area contributed by atoms with Gasteiger partial charge in [-0.3, -0.25) is 0 Å². The highest BCUT2D eigenvalue weighted by molar-refractivity contribution is 6.30. The van der Waals surface area contributed by atoms with Gasteiger partial charge in [0.25, 0.3) is 0 Å². The summed E-state index contributed by atoms with van der Waals surface area (Å²) in [4.78, 5) is 4.62. The number of aromatic nitrogens is 2. The molecule has 0 spiro atoms. The van der Waals surface area contributed by atoms with Gasteiger partial charge in [0.05, 0.1) is 5.69 Å². The first-order valence-corrected chi connectivity index (χ1v) is 6.41. The summed E-state index contributed by atoms with van der Waals surface area (Å²) >= 11 is 6.28. The van der Waals surface area contributed by atoms with E-state index in [1.165, 1.54) is 11.1 Å². The summed E-state index contributed by atoms with van der Waals surface area (Å²) in [5, 5.41) is 0.677. The van der Waals surface area contributed by atoms with Crippen LogP contribution in [0.3, 0.4) is 0 Å². The predicted molar refractivity (Wildman–Crippen MR) is 75.9 cm³/mol. The van der Waals surface area contributed by atoms with Gasteiger partial charge >= 0.3 is 0 Å². The van der Waals surface area contributed by atoms with Gasteiger partial charge in [-0.15, -0.1) is 0 Å². The van der Waals surface area contributed by atoms with Crippen LogP contribution in [0.15, 0.2) is 18.2 Å². The highest BCUT2D eigenvalue weighted by Gasteiger charge is 2.15. The van der Waals surface area contributed by atoms with Gasteiger partial charge in [-0.2, -0.15) is 0 Å². The van der Waals surface area contributed by atoms with Gasteiger partial charge in [0.15, 0.2) is 0 Å². The van der Waals surface area contributed by atoms with Crippen LogP contribution in [0, 0.1) is 13.8 Å². The highest BCUT2D eigenvalue weighted by atomic mass is 35.5. The molecule has 3 nitrogen and oxygen atoms in total. The summed E-state index contributed by atoms with van der Waals surface area (Å²) in [5.41, 5.74) is 9.99. The number of hydrogen-bond donors (Lipinski definition) is 1. The van der Waals surface area contributed by atoms with Crippen LogP contribution in [0.4, 0.5) is 0 Å². The van der Waals surface area contributed by atoms with Crippen molar-refractivity contribution in [2.75, 3.05) is 6.54 Å². The Balaban J connectivity index is 2.57. The Morgan fingerprint density at radius 1 is 1.33 bits per heavy atom. The summed E-state index contributed by atoms with van der Waals surface area (Å²) in [6.07, 6.45) is 0.706. The Morgan fingerprint density at radius 3 is 2.72 bits per heavy atom. The van der Waals surface area contributed by atoms with E-state index in [2.05, 4.69) is 37.0 Å². The van der Waals surface area contributed by atoms with E-state index in [0.717, 1.165) is 17.1 Å². The van der Waals surface area contributed by atoms with Crippen molar-refractivity contribution in [1.29, 1.82) is 0 Å². The van der Waals surface area contributed by atoms with Crippen molar-refractivity contribution in [1.82, 2.24) is 9.55 Å². The number of nitrogens with two attached hydrogens (primary N) is 1. The first-order chi connectivity index (χ1) is 8.54. The van der Waals surface area contributed by atoms with Gasteiger partial charge in [0, 0.05) is 19.0 Å². The molecule has 0 atom stereocenters. The topological polar surface area (TPSA) is 43.8 Å². The lowest BCUT2D eigenvalue weighted by molar-refractivity contribution is 0.913. The minimum absolute atomic E-state index is 0.559. The second-order valence-corrected chi connectivity index (χ2v) is 4.95. The normalized spacial score (nSPS) is 10.9. The average Bonchev–Trinajstić information content (AvgIpc) is 2.61. The van der Waals surface area contributed by atoms with Crippen molar-refractivity contribution in [3.63, 3.8) is 0 Å². The maximum Gasteiger partial charge on any atom is 0.141 e. The first-order valence-electron chi connectivity index (χ1n) is 6.03. The van der Waals surface area contributed by atoms with Crippen molar-refractivity contribution in [3.05, 3.63) is 40.2 Å². The molecular formula is C14H18ClN3. The monoisotopic (exact) mass is 263 g/mol. The minimum atomic E-state index is 0.559. The van der Waals surface area contributed by atoms with Crippen molar-refractivity contribution in [2.45, 2.75) is 20.3 Å². The second-order valence-electron chi connectivity index (χ2n) is 4.59. The van der Waals surface area contributed by atoms with Crippen LogP contribution < -0.4 is 5.73 Å². The van der Waals surface area contributed by atoms with Crippen LogP contribution in [-0.2, 0) is 13.5 Å². The predicted octanol–water partition coefficient (Wildman–Crippen LogP) is 2.86. The minimum Gasteiger partial charge on any atom is -0.330 e. The molecular weight excluding hydrogens is 246 g/mol. The summed E-state index contributed by atoms with van der Waals surface area (Å²) in [5.74, 6) is 0.907. The van der Waals surface area contributed by atoms with Gasteiger partial charge in [-0.1, -0.05) is 29.3 Å². The Morgan fingerprint density at radius 2 is 2.06 bits per heavy atom. The zero-order valence-electron chi connectivity index (χ0n) is 11.0. The molecule has 0 saturated heterocycles. The van der Waals surface area contributed by atoms with Crippen LogP contribution in [0.2, 0.25) is 5.15 Å². The van der Waals surface area contributed by atoms with Gasteiger partial charge in [-0.05, 0) is 32.0 Å². The fourth-order valence-corrected chi connectivity index (χ4v) is 2.27. The van der Waals surface area contributed by atoms with Gasteiger partial charge in [0.2, 0.25) is 0 Å². The number of hydrogen-bond acceptors (Lipinski definition) is 2. The fourth-order valence-electron chi connectivity index (χ4n) is 2.05. The molecule has 4 heteroatoms. The van der Waals surface area contributed by atoms with E-state index in [1.54, 1.807) is 0 Å². The molecule has 18 heavy (non-hydrogen) atoms. The van der Waals surface area contributed by atoms with Crippen molar-refractivity contribution < 1.29 is 0 Å². The quantitative estimate of drug-likeness (QED) is 0.925. The summed E-state index contributed by atoms with van der Waals surface area (Å²) in [6, 6.07) is 6.35. The van der Waals surface area contributed by atoms with E-state index in [4.69, 9.17) is 17.3 Å². The van der Waals surface area contributed by atoms with Gasteiger partial charge < -0.3 is 10.3 Å². The molecule has 1 aromatic heterocycles. The Hall–Kier alpha value is -1.32.